The van der Waals surface area contributed by atoms with Gasteiger partial charge < -0.3 is 10.0 Å². The molecule has 0 spiro atoms. The summed E-state index contributed by atoms with van der Waals surface area (Å²) in [5.41, 5.74) is -0.0126. The molecule has 0 heterocycles. The van der Waals surface area contributed by atoms with Gasteiger partial charge in [-0.05, 0) is 31.2 Å². The molecule has 0 saturated heterocycles. The van der Waals surface area contributed by atoms with E-state index in [0.29, 0.717) is 0 Å². The molecule has 0 fully saturated rings. The van der Waals surface area contributed by atoms with Gasteiger partial charge in [-0.2, -0.15) is 4.72 Å². The number of sulfonamides is 1. The van der Waals surface area contributed by atoms with Crippen LogP contribution in [0.5, 0.6) is 0 Å². The van der Waals surface area contributed by atoms with Crippen molar-refractivity contribution in [2.75, 3.05) is 14.1 Å². The molecule has 0 aromatic heterocycles. The summed E-state index contributed by atoms with van der Waals surface area (Å²) in [5.74, 6) is -1.52. The number of carbonyl (C=O) groups is 2. The second kappa shape index (κ2) is 6.02. The van der Waals surface area contributed by atoms with Gasteiger partial charge >= 0.3 is 5.97 Å². The van der Waals surface area contributed by atoms with E-state index in [9.17, 15) is 18.0 Å². The predicted octanol–water partition coefficient (Wildman–Crippen LogP) is 0.140. The van der Waals surface area contributed by atoms with Crippen molar-refractivity contribution in [2.45, 2.75) is 17.9 Å². The number of aromatic carboxylic acids is 1. The lowest BCUT2D eigenvalue weighted by Crippen LogP contribution is -2.44. The largest absolute Gasteiger partial charge is 0.478 e. The van der Waals surface area contributed by atoms with Gasteiger partial charge in [0.05, 0.1) is 16.5 Å². The van der Waals surface area contributed by atoms with Crippen LogP contribution in [0.15, 0.2) is 29.2 Å². The quantitative estimate of drug-likeness (QED) is 0.805. The predicted molar refractivity (Wildman–Crippen MR) is 71.9 cm³/mol. The summed E-state index contributed by atoms with van der Waals surface area (Å²) in [6.07, 6.45) is 0. The summed E-state index contributed by atoms with van der Waals surface area (Å²) in [6.45, 7) is 1.44. The van der Waals surface area contributed by atoms with E-state index in [1.54, 1.807) is 0 Å². The molecule has 1 unspecified atom stereocenters. The molecule has 7 nitrogen and oxygen atoms in total. The first-order valence-electron chi connectivity index (χ1n) is 5.72. The lowest BCUT2D eigenvalue weighted by molar-refractivity contribution is -0.130. The highest BCUT2D eigenvalue weighted by atomic mass is 32.2. The van der Waals surface area contributed by atoms with Crippen molar-refractivity contribution in [3.05, 3.63) is 29.8 Å². The third kappa shape index (κ3) is 3.78. The van der Waals surface area contributed by atoms with Gasteiger partial charge in [0.2, 0.25) is 15.9 Å². The molecule has 1 aromatic carbocycles. The van der Waals surface area contributed by atoms with E-state index in [2.05, 4.69) is 4.72 Å². The Morgan fingerprint density at radius 2 is 1.70 bits per heavy atom. The molecule has 0 bridgehead atoms. The normalized spacial score (nSPS) is 12.8. The van der Waals surface area contributed by atoms with Crippen LogP contribution in [0.4, 0.5) is 0 Å². The molecule has 0 aliphatic heterocycles. The molecule has 110 valence electrons. The molecule has 0 radical (unpaired) electrons. The number of carboxylic acids is 1. The fraction of sp³-hybridized carbons (Fsp3) is 0.333. The Bertz CT molecular complexity index is 607. The minimum Gasteiger partial charge on any atom is -0.478 e. The van der Waals surface area contributed by atoms with Crippen LogP contribution in [0.1, 0.15) is 17.3 Å². The molecular weight excluding hydrogens is 284 g/mol. The monoisotopic (exact) mass is 300 g/mol. The van der Waals surface area contributed by atoms with Crippen LogP contribution in [0, 0.1) is 0 Å². The molecule has 20 heavy (non-hydrogen) atoms. The first kappa shape index (κ1) is 16.1. The molecule has 1 atom stereocenters. The van der Waals surface area contributed by atoms with E-state index in [1.807, 2.05) is 0 Å². The third-order valence-corrected chi connectivity index (χ3v) is 4.11. The SMILES string of the molecule is CC(NS(=O)(=O)c1ccc(C(=O)O)cc1)C(=O)N(C)C. The maximum atomic E-state index is 12.0. The highest BCUT2D eigenvalue weighted by Crippen LogP contribution is 2.11. The van der Waals surface area contributed by atoms with E-state index >= 15 is 0 Å². The summed E-state index contributed by atoms with van der Waals surface area (Å²) in [5, 5.41) is 8.74. The van der Waals surface area contributed by atoms with E-state index in [1.165, 1.54) is 50.2 Å². The zero-order valence-corrected chi connectivity index (χ0v) is 12.1. The summed E-state index contributed by atoms with van der Waals surface area (Å²) in [4.78, 5) is 23.5. The number of carbonyl (C=O) groups excluding carboxylic acids is 1. The Morgan fingerprint density at radius 3 is 2.10 bits per heavy atom. The number of hydrogen-bond acceptors (Lipinski definition) is 4. The van der Waals surface area contributed by atoms with Crippen molar-refractivity contribution >= 4 is 21.9 Å². The van der Waals surface area contributed by atoms with E-state index < -0.39 is 22.0 Å². The first-order valence-corrected chi connectivity index (χ1v) is 7.20. The Balaban J connectivity index is 2.94. The van der Waals surface area contributed by atoms with E-state index in [4.69, 9.17) is 5.11 Å². The van der Waals surface area contributed by atoms with Crippen LogP contribution in [0.25, 0.3) is 0 Å². The molecular formula is C12H16N2O5S. The average molecular weight is 300 g/mol. The number of likely N-dealkylation sites (N-methyl/N-ethyl adjacent to an activating group) is 1. The molecule has 0 aliphatic rings. The molecule has 8 heteroatoms. The summed E-state index contributed by atoms with van der Waals surface area (Å²) in [7, 11) is -0.826. The molecule has 1 rings (SSSR count). The number of hydrogen-bond donors (Lipinski definition) is 2. The zero-order chi connectivity index (χ0) is 15.5. The first-order chi connectivity index (χ1) is 9.15. The average Bonchev–Trinajstić information content (AvgIpc) is 2.37. The highest BCUT2D eigenvalue weighted by molar-refractivity contribution is 7.89. The minimum atomic E-state index is -3.87. The fourth-order valence-corrected chi connectivity index (χ4v) is 2.71. The third-order valence-electron chi connectivity index (χ3n) is 2.55. The van der Waals surface area contributed by atoms with Gasteiger partial charge in [0.15, 0.2) is 0 Å². The molecule has 0 saturated carbocycles. The topological polar surface area (TPSA) is 104 Å². The van der Waals surface area contributed by atoms with Crippen molar-refractivity contribution < 1.29 is 23.1 Å². The Hall–Kier alpha value is -1.93. The van der Waals surface area contributed by atoms with Crippen LogP contribution >= 0.6 is 0 Å². The Labute approximate surface area is 117 Å². The van der Waals surface area contributed by atoms with Gasteiger partial charge in [0, 0.05) is 14.1 Å². The van der Waals surface area contributed by atoms with Crippen molar-refractivity contribution in [2.24, 2.45) is 0 Å². The highest BCUT2D eigenvalue weighted by Gasteiger charge is 2.23. The van der Waals surface area contributed by atoms with Crippen LogP contribution in [-0.4, -0.2) is 50.4 Å². The van der Waals surface area contributed by atoms with E-state index in [-0.39, 0.29) is 16.4 Å². The van der Waals surface area contributed by atoms with Crippen LogP contribution in [0.2, 0.25) is 0 Å². The second-order valence-corrected chi connectivity index (χ2v) is 6.12. The standard InChI is InChI=1S/C12H16N2O5S/c1-8(11(15)14(2)3)13-20(18,19)10-6-4-9(5-7-10)12(16)17/h4-8,13H,1-3H3,(H,16,17). The van der Waals surface area contributed by atoms with Gasteiger partial charge in [-0.25, -0.2) is 13.2 Å². The maximum Gasteiger partial charge on any atom is 0.335 e. The number of carboxylic acid groups (broad SMARTS) is 1. The summed E-state index contributed by atoms with van der Waals surface area (Å²) >= 11 is 0. The number of rotatable bonds is 5. The van der Waals surface area contributed by atoms with Crippen molar-refractivity contribution in [1.29, 1.82) is 0 Å². The molecule has 0 aliphatic carbocycles. The van der Waals surface area contributed by atoms with Crippen LogP contribution in [0.3, 0.4) is 0 Å². The van der Waals surface area contributed by atoms with Gasteiger partial charge in [-0.3, -0.25) is 4.79 Å². The molecule has 1 aromatic rings. The smallest absolute Gasteiger partial charge is 0.335 e. The number of benzene rings is 1. The number of nitrogens with one attached hydrogen (secondary N) is 1. The second-order valence-electron chi connectivity index (χ2n) is 4.41. The van der Waals surface area contributed by atoms with Gasteiger partial charge in [-0.15, -0.1) is 0 Å². The summed E-state index contributed by atoms with van der Waals surface area (Å²) < 4.78 is 26.3. The van der Waals surface area contributed by atoms with Crippen molar-refractivity contribution in [1.82, 2.24) is 9.62 Å². The molecule has 2 N–H and O–H groups in total. The zero-order valence-electron chi connectivity index (χ0n) is 11.3. The lowest BCUT2D eigenvalue weighted by atomic mass is 10.2. The Kier molecular flexibility index (Phi) is 4.85. The van der Waals surface area contributed by atoms with Crippen molar-refractivity contribution in [3.8, 4) is 0 Å². The molecule has 1 amide bonds. The number of nitrogens with zero attached hydrogens (tertiary/aromatic N) is 1. The van der Waals surface area contributed by atoms with Gasteiger partial charge in [0.1, 0.15) is 0 Å². The minimum absolute atomic E-state index is 0.0126. The number of amides is 1. The van der Waals surface area contributed by atoms with Gasteiger partial charge in [0.25, 0.3) is 0 Å². The lowest BCUT2D eigenvalue weighted by Gasteiger charge is -2.18. The van der Waals surface area contributed by atoms with Gasteiger partial charge in [-0.1, -0.05) is 0 Å². The van der Waals surface area contributed by atoms with Crippen LogP contribution in [-0.2, 0) is 14.8 Å². The van der Waals surface area contributed by atoms with E-state index in [0.717, 1.165) is 0 Å². The fourth-order valence-electron chi connectivity index (χ4n) is 1.52. The van der Waals surface area contributed by atoms with Crippen LogP contribution < -0.4 is 4.72 Å². The Morgan fingerprint density at radius 1 is 1.20 bits per heavy atom. The summed E-state index contributed by atoms with van der Waals surface area (Å²) in [6, 6.07) is 3.83. The maximum absolute atomic E-state index is 12.0. The van der Waals surface area contributed by atoms with Crippen molar-refractivity contribution in [3.63, 3.8) is 0 Å².